The number of hydrogen-bond donors (Lipinski definition) is 1. The number of carbonyl (C=O) groups excluding carboxylic acids is 1. The molecule has 1 saturated heterocycles. The Bertz CT molecular complexity index is 933. The van der Waals surface area contributed by atoms with E-state index in [2.05, 4.69) is 31.8 Å². The Morgan fingerprint density at radius 3 is 3.12 bits per heavy atom. The van der Waals surface area contributed by atoms with E-state index in [1.807, 2.05) is 24.5 Å². The number of carbonyl (C=O) groups is 1. The number of fused-ring (bicyclic) bond motifs is 1. The standard InChI is InChI=1S/C18H22N6OS/c1-12(25)21-18-20-9-14(26-18)11-24-8-4-5-13(10-24)16-22-15-6-3-7-19-17(15)23(16)2/h3,6-7,9,13H,4-5,8,10-11H2,1-2H3,(H,20,21,25). The molecule has 1 aliphatic rings. The van der Waals surface area contributed by atoms with E-state index < -0.39 is 0 Å². The summed E-state index contributed by atoms with van der Waals surface area (Å²) in [5, 5.41) is 3.42. The highest BCUT2D eigenvalue weighted by atomic mass is 32.1. The summed E-state index contributed by atoms with van der Waals surface area (Å²) in [5.41, 5.74) is 1.91. The van der Waals surface area contributed by atoms with Gasteiger partial charge in [0.25, 0.3) is 0 Å². The Balaban J connectivity index is 1.47. The highest BCUT2D eigenvalue weighted by Gasteiger charge is 2.26. The van der Waals surface area contributed by atoms with Crippen LogP contribution in [0.5, 0.6) is 0 Å². The largest absolute Gasteiger partial charge is 0.316 e. The molecular formula is C18H22N6OS. The minimum atomic E-state index is -0.0839. The van der Waals surface area contributed by atoms with Crippen molar-refractivity contribution in [2.75, 3.05) is 18.4 Å². The van der Waals surface area contributed by atoms with Crippen LogP contribution in [0.3, 0.4) is 0 Å². The summed E-state index contributed by atoms with van der Waals surface area (Å²) in [4.78, 5) is 28.3. The number of thiazole rings is 1. The zero-order valence-electron chi connectivity index (χ0n) is 15.0. The lowest BCUT2D eigenvalue weighted by atomic mass is 9.97. The van der Waals surface area contributed by atoms with Gasteiger partial charge in [0.2, 0.25) is 5.91 Å². The van der Waals surface area contributed by atoms with E-state index in [4.69, 9.17) is 4.98 Å². The highest BCUT2D eigenvalue weighted by molar-refractivity contribution is 7.15. The van der Waals surface area contributed by atoms with E-state index in [9.17, 15) is 4.79 Å². The molecule has 1 N–H and O–H groups in total. The summed E-state index contributed by atoms with van der Waals surface area (Å²) in [7, 11) is 2.06. The summed E-state index contributed by atoms with van der Waals surface area (Å²) in [6.07, 6.45) is 5.97. The van der Waals surface area contributed by atoms with Crippen LogP contribution in [0.2, 0.25) is 0 Å². The molecule has 3 aromatic rings. The van der Waals surface area contributed by atoms with Crippen LogP contribution in [-0.4, -0.2) is 43.4 Å². The third-order valence-electron chi connectivity index (χ3n) is 4.75. The van der Waals surface area contributed by atoms with Gasteiger partial charge in [0.15, 0.2) is 10.8 Å². The topological polar surface area (TPSA) is 75.9 Å². The van der Waals surface area contributed by atoms with Gasteiger partial charge >= 0.3 is 0 Å². The molecule has 4 rings (SSSR count). The SMILES string of the molecule is CC(=O)Nc1ncc(CN2CCCC(c3nc4cccnc4n3C)C2)s1. The van der Waals surface area contributed by atoms with Crippen LogP contribution in [-0.2, 0) is 18.4 Å². The van der Waals surface area contributed by atoms with Crippen LogP contribution in [0.15, 0.2) is 24.5 Å². The van der Waals surface area contributed by atoms with Gasteiger partial charge < -0.3 is 9.88 Å². The minimum Gasteiger partial charge on any atom is -0.316 e. The number of anilines is 1. The van der Waals surface area contributed by atoms with Gasteiger partial charge in [-0.15, -0.1) is 11.3 Å². The molecule has 0 bridgehead atoms. The third kappa shape index (κ3) is 3.47. The second-order valence-electron chi connectivity index (χ2n) is 6.76. The van der Waals surface area contributed by atoms with E-state index in [-0.39, 0.29) is 5.91 Å². The first-order valence-corrected chi connectivity index (χ1v) is 9.64. The molecule has 1 atom stereocenters. The maximum absolute atomic E-state index is 11.1. The molecule has 1 unspecified atom stereocenters. The molecule has 26 heavy (non-hydrogen) atoms. The number of nitrogens with one attached hydrogen (secondary N) is 1. The Kier molecular flexibility index (Phi) is 4.69. The van der Waals surface area contributed by atoms with Crippen LogP contribution in [0.4, 0.5) is 5.13 Å². The average Bonchev–Trinajstić information content (AvgIpc) is 3.19. The van der Waals surface area contributed by atoms with Crippen molar-refractivity contribution in [3.8, 4) is 0 Å². The van der Waals surface area contributed by atoms with E-state index >= 15 is 0 Å². The van der Waals surface area contributed by atoms with E-state index in [1.165, 1.54) is 11.8 Å². The number of piperidine rings is 1. The molecule has 1 aliphatic heterocycles. The molecule has 0 saturated carbocycles. The summed E-state index contributed by atoms with van der Waals surface area (Å²) >= 11 is 1.54. The molecule has 136 valence electrons. The molecule has 1 amide bonds. The number of amides is 1. The number of pyridine rings is 1. The van der Waals surface area contributed by atoms with Crippen LogP contribution in [0.1, 0.15) is 36.4 Å². The van der Waals surface area contributed by atoms with Crippen LogP contribution >= 0.6 is 11.3 Å². The van der Waals surface area contributed by atoms with Gasteiger partial charge in [0, 0.05) is 50.2 Å². The number of rotatable bonds is 4. The number of aryl methyl sites for hydroxylation is 1. The van der Waals surface area contributed by atoms with Crippen LogP contribution in [0.25, 0.3) is 11.2 Å². The molecule has 8 heteroatoms. The fourth-order valence-electron chi connectivity index (χ4n) is 3.63. The Morgan fingerprint density at radius 1 is 1.42 bits per heavy atom. The van der Waals surface area contributed by atoms with Crippen molar-refractivity contribution < 1.29 is 4.79 Å². The number of nitrogens with zero attached hydrogens (tertiary/aromatic N) is 5. The van der Waals surface area contributed by atoms with Crippen molar-refractivity contribution in [3.63, 3.8) is 0 Å². The number of imidazole rings is 1. The zero-order valence-corrected chi connectivity index (χ0v) is 15.8. The van der Waals surface area contributed by atoms with E-state index in [0.29, 0.717) is 11.0 Å². The van der Waals surface area contributed by atoms with Crippen molar-refractivity contribution in [1.29, 1.82) is 0 Å². The van der Waals surface area contributed by atoms with Gasteiger partial charge in [-0.25, -0.2) is 15.0 Å². The number of likely N-dealkylation sites (tertiary alicyclic amines) is 1. The zero-order chi connectivity index (χ0) is 18.1. The van der Waals surface area contributed by atoms with Gasteiger partial charge in [-0.3, -0.25) is 9.69 Å². The maximum atomic E-state index is 11.1. The van der Waals surface area contributed by atoms with Gasteiger partial charge in [-0.1, -0.05) is 0 Å². The van der Waals surface area contributed by atoms with Gasteiger partial charge in [0.1, 0.15) is 11.3 Å². The van der Waals surface area contributed by atoms with Crippen molar-refractivity contribution in [2.45, 2.75) is 32.2 Å². The molecule has 4 heterocycles. The van der Waals surface area contributed by atoms with Gasteiger partial charge in [-0.2, -0.15) is 0 Å². The lowest BCUT2D eigenvalue weighted by Crippen LogP contribution is -2.34. The smallest absolute Gasteiger partial charge is 0.223 e. The summed E-state index contributed by atoms with van der Waals surface area (Å²) < 4.78 is 2.13. The second-order valence-corrected chi connectivity index (χ2v) is 7.88. The summed E-state index contributed by atoms with van der Waals surface area (Å²) in [6.45, 7) is 4.41. The molecule has 3 aromatic heterocycles. The summed E-state index contributed by atoms with van der Waals surface area (Å²) in [5.74, 6) is 1.44. The normalized spacial score (nSPS) is 18.3. The molecule has 0 aromatic carbocycles. The predicted octanol–water partition coefficient (Wildman–Crippen LogP) is 2.76. The molecule has 0 radical (unpaired) electrons. The second kappa shape index (κ2) is 7.13. The first kappa shape index (κ1) is 17.1. The highest BCUT2D eigenvalue weighted by Crippen LogP contribution is 2.29. The summed E-state index contributed by atoms with van der Waals surface area (Å²) in [6, 6.07) is 3.95. The maximum Gasteiger partial charge on any atom is 0.223 e. The number of hydrogen-bond acceptors (Lipinski definition) is 6. The van der Waals surface area contributed by atoms with Crippen molar-refractivity contribution in [2.24, 2.45) is 7.05 Å². The van der Waals surface area contributed by atoms with E-state index in [1.54, 1.807) is 11.3 Å². The fraction of sp³-hybridized carbons (Fsp3) is 0.444. The first-order chi connectivity index (χ1) is 12.6. The fourth-order valence-corrected chi connectivity index (χ4v) is 4.53. The lowest BCUT2D eigenvalue weighted by molar-refractivity contribution is -0.114. The Hall–Kier alpha value is -2.32. The van der Waals surface area contributed by atoms with Crippen LogP contribution in [0, 0.1) is 0 Å². The van der Waals surface area contributed by atoms with Crippen molar-refractivity contribution >= 4 is 33.5 Å². The molecule has 0 spiro atoms. The van der Waals surface area contributed by atoms with E-state index in [0.717, 1.165) is 49.5 Å². The first-order valence-electron chi connectivity index (χ1n) is 8.82. The van der Waals surface area contributed by atoms with Crippen LogP contribution < -0.4 is 5.32 Å². The molecule has 7 nitrogen and oxygen atoms in total. The minimum absolute atomic E-state index is 0.0839. The molecule has 1 fully saturated rings. The molecule has 0 aliphatic carbocycles. The lowest BCUT2D eigenvalue weighted by Gasteiger charge is -2.31. The van der Waals surface area contributed by atoms with Crippen molar-refractivity contribution in [3.05, 3.63) is 35.2 Å². The average molecular weight is 370 g/mol. The quantitative estimate of drug-likeness (QED) is 0.764. The number of aromatic nitrogens is 4. The monoisotopic (exact) mass is 370 g/mol. The predicted molar refractivity (Wildman–Crippen MR) is 102 cm³/mol. The Labute approximate surface area is 156 Å². The molecular weight excluding hydrogens is 348 g/mol. The van der Waals surface area contributed by atoms with Gasteiger partial charge in [0.05, 0.1) is 0 Å². The third-order valence-corrected chi connectivity index (χ3v) is 5.65. The van der Waals surface area contributed by atoms with Gasteiger partial charge in [-0.05, 0) is 31.5 Å². The Morgan fingerprint density at radius 2 is 2.31 bits per heavy atom. The van der Waals surface area contributed by atoms with Crippen molar-refractivity contribution in [1.82, 2.24) is 24.4 Å².